The molecule has 172 valence electrons. The van der Waals surface area contributed by atoms with Crippen LogP contribution < -0.4 is 10.5 Å². The van der Waals surface area contributed by atoms with E-state index < -0.39 is 5.91 Å². The molecule has 0 aliphatic rings. The van der Waals surface area contributed by atoms with Gasteiger partial charge in [-0.15, -0.1) is 0 Å². The fourth-order valence-electron chi connectivity index (χ4n) is 3.96. The highest BCUT2D eigenvalue weighted by atomic mass is 16.5. The number of carbonyl (C=O) groups is 1. The molecule has 0 unspecified atom stereocenters. The van der Waals surface area contributed by atoms with Crippen LogP contribution in [0.4, 0.5) is 0 Å². The second-order valence-electron chi connectivity index (χ2n) is 8.33. The second kappa shape index (κ2) is 11.4. The van der Waals surface area contributed by atoms with Crippen molar-refractivity contribution in [2.75, 3.05) is 6.61 Å². The van der Waals surface area contributed by atoms with E-state index in [0.29, 0.717) is 17.9 Å². The van der Waals surface area contributed by atoms with E-state index in [1.807, 2.05) is 44.2 Å². The van der Waals surface area contributed by atoms with Gasteiger partial charge < -0.3 is 15.0 Å². The molecule has 1 amide bonds. The molecule has 0 fully saturated rings. The number of nitrogens with two attached hydrogens (primary N) is 1. The zero-order valence-corrected chi connectivity index (χ0v) is 20.1. The Balaban J connectivity index is 0.000000203. The van der Waals surface area contributed by atoms with E-state index in [-0.39, 0.29) is 0 Å². The molecule has 4 rings (SSSR count). The number of aryl methyl sites for hydroxylation is 3. The van der Waals surface area contributed by atoms with E-state index in [1.165, 1.54) is 34.9 Å². The van der Waals surface area contributed by atoms with Gasteiger partial charge in [0.05, 0.1) is 12.2 Å². The van der Waals surface area contributed by atoms with Gasteiger partial charge in [0.25, 0.3) is 5.91 Å². The monoisotopic (exact) mass is 442 g/mol. The number of carbonyl (C=O) groups excluding carboxylic acids is 1. The van der Waals surface area contributed by atoms with Gasteiger partial charge >= 0.3 is 0 Å². The fraction of sp³-hybridized carbons (Fsp3) is 0.276. The van der Waals surface area contributed by atoms with Gasteiger partial charge in [0.2, 0.25) is 0 Å². The standard InChI is InChI=1S/C17H19NO2.C12H15N/c1-3-9-20-16-8-7-14(11-15(16)17(18)19)13-6-4-5-12(2)10-13;1-3-6-10-9-13(2)12-8-5-4-7-11(10)12/h4-8,10-11H,3,9H2,1-2H3,(H2,18,19);4-5,7-9H,3,6H2,1-2H3. The van der Waals surface area contributed by atoms with Crippen LogP contribution in [0.5, 0.6) is 5.75 Å². The van der Waals surface area contributed by atoms with E-state index in [4.69, 9.17) is 10.5 Å². The third kappa shape index (κ3) is 6.04. The van der Waals surface area contributed by atoms with Crippen molar-refractivity contribution >= 4 is 16.8 Å². The van der Waals surface area contributed by atoms with Crippen molar-refractivity contribution < 1.29 is 9.53 Å². The number of hydrogen-bond acceptors (Lipinski definition) is 2. The average Bonchev–Trinajstić information content (AvgIpc) is 3.14. The molecule has 2 N–H and O–H groups in total. The topological polar surface area (TPSA) is 57.2 Å². The van der Waals surface area contributed by atoms with Crippen LogP contribution in [0.1, 0.15) is 48.2 Å². The first-order valence-corrected chi connectivity index (χ1v) is 11.6. The Bertz CT molecular complexity index is 1220. The van der Waals surface area contributed by atoms with Gasteiger partial charge in [0.15, 0.2) is 0 Å². The average molecular weight is 443 g/mol. The number of fused-ring (bicyclic) bond motifs is 1. The SMILES string of the molecule is CCCOc1ccc(-c2cccc(C)c2)cc1C(N)=O.CCCc1cn(C)c2ccccc12. The molecule has 1 heterocycles. The molecule has 0 atom stereocenters. The zero-order chi connectivity index (χ0) is 23.8. The number of primary amides is 1. The highest BCUT2D eigenvalue weighted by Crippen LogP contribution is 2.27. The molecule has 0 saturated carbocycles. The summed E-state index contributed by atoms with van der Waals surface area (Å²) in [4.78, 5) is 11.6. The predicted molar refractivity (Wildman–Crippen MR) is 138 cm³/mol. The maximum atomic E-state index is 11.6. The molecular weight excluding hydrogens is 408 g/mol. The second-order valence-corrected chi connectivity index (χ2v) is 8.33. The summed E-state index contributed by atoms with van der Waals surface area (Å²) in [5.74, 6) is 0.0846. The van der Waals surface area contributed by atoms with Gasteiger partial charge in [-0.25, -0.2) is 0 Å². The molecule has 0 aliphatic carbocycles. The van der Waals surface area contributed by atoms with Gasteiger partial charge in [-0.1, -0.05) is 74.4 Å². The lowest BCUT2D eigenvalue weighted by atomic mass is 10.0. The van der Waals surface area contributed by atoms with Crippen molar-refractivity contribution in [1.29, 1.82) is 0 Å². The molecule has 4 nitrogen and oxygen atoms in total. The van der Waals surface area contributed by atoms with Crippen molar-refractivity contribution in [2.45, 2.75) is 40.0 Å². The number of hydrogen-bond donors (Lipinski definition) is 1. The number of ether oxygens (including phenoxy) is 1. The molecule has 0 radical (unpaired) electrons. The molecular formula is C29H34N2O2. The minimum atomic E-state index is -0.467. The van der Waals surface area contributed by atoms with Crippen LogP contribution in [0.2, 0.25) is 0 Å². The van der Waals surface area contributed by atoms with Crippen molar-refractivity contribution in [2.24, 2.45) is 12.8 Å². The highest BCUT2D eigenvalue weighted by Gasteiger charge is 2.11. The van der Waals surface area contributed by atoms with Crippen molar-refractivity contribution in [3.05, 3.63) is 89.6 Å². The molecule has 0 aliphatic heterocycles. The molecule has 3 aromatic carbocycles. The van der Waals surface area contributed by atoms with Crippen molar-refractivity contribution in [1.82, 2.24) is 4.57 Å². The lowest BCUT2D eigenvalue weighted by Gasteiger charge is -2.11. The summed E-state index contributed by atoms with van der Waals surface area (Å²) in [7, 11) is 2.11. The smallest absolute Gasteiger partial charge is 0.252 e. The maximum Gasteiger partial charge on any atom is 0.252 e. The third-order valence-electron chi connectivity index (χ3n) is 5.56. The van der Waals surface area contributed by atoms with Gasteiger partial charge in [-0.2, -0.15) is 0 Å². The van der Waals surface area contributed by atoms with Gasteiger partial charge in [0.1, 0.15) is 5.75 Å². The van der Waals surface area contributed by atoms with Crippen molar-refractivity contribution in [3.8, 4) is 16.9 Å². The Morgan fingerprint density at radius 2 is 1.70 bits per heavy atom. The van der Waals surface area contributed by atoms with E-state index in [2.05, 4.69) is 55.1 Å². The minimum Gasteiger partial charge on any atom is -0.493 e. The fourth-order valence-corrected chi connectivity index (χ4v) is 3.96. The van der Waals surface area contributed by atoms with Crippen LogP contribution in [-0.2, 0) is 13.5 Å². The van der Waals surface area contributed by atoms with Gasteiger partial charge in [-0.3, -0.25) is 4.79 Å². The summed E-state index contributed by atoms with van der Waals surface area (Å²) in [5, 5.41) is 1.41. The summed E-state index contributed by atoms with van der Waals surface area (Å²) in [6.45, 7) is 6.86. The predicted octanol–water partition coefficient (Wildman–Crippen LogP) is 6.68. The molecule has 1 aromatic heterocycles. The summed E-state index contributed by atoms with van der Waals surface area (Å²) < 4.78 is 7.77. The third-order valence-corrected chi connectivity index (χ3v) is 5.56. The van der Waals surface area contributed by atoms with Gasteiger partial charge in [0, 0.05) is 24.1 Å². The van der Waals surface area contributed by atoms with E-state index in [9.17, 15) is 4.79 Å². The lowest BCUT2D eigenvalue weighted by Crippen LogP contribution is -2.13. The van der Waals surface area contributed by atoms with Crippen LogP contribution in [0.15, 0.2) is 72.9 Å². The van der Waals surface area contributed by atoms with E-state index in [1.54, 1.807) is 6.07 Å². The molecule has 0 bridgehead atoms. The first-order chi connectivity index (χ1) is 15.9. The number of amides is 1. The Morgan fingerprint density at radius 3 is 2.39 bits per heavy atom. The largest absolute Gasteiger partial charge is 0.493 e. The van der Waals surface area contributed by atoms with Gasteiger partial charge in [-0.05, 0) is 54.7 Å². The highest BCUT2D eigenvalue weighted by molar-refractivity contribution is 5.97. The Labute approximate surface area is 197 Å². The summed E-state index contributed by atoms with van der Waals surface area (Å²) in [6, 6.07) is 22.3. The van der Waals surface area contributed by atoms with Crippen LogP contribution in [0, 0.1) is 6.92 Å². The lowest BCUT2D eigenvalue weighted by molar-refractivity contribution is 0.0996. The molecule has 33 heavy (non-hydrogen) atoms. The summed E-state index contributed by atoms with van der Waals surface area (Å²) in [5.41, 5.74) is 11.9. The molecule has 4 heteroatoms. The van der Waals surface area contributed by atoms with Crippen LogP contribution in [-0.4, -0.2) is 17.1 Å². The van der Waals surface area contributed by atoms with Crippen LogP contribution in [0.3, 0.4) is 0 Å². The minimum absolute atomic E-state index is 0.428. The quantitative estimate of drug-likeness (QED) is 0.347. The number of rotatable bonds is 7. The Hall–Kier alpha value is -3.53. The molecule has 0 spiro atoms. The van der Waals surface area contributed by atoms with Crippen LogP contribution >= 0.6 is 0 Å². The Kier molecular flexibility index (Phi) is 8.31. The summed E-state index contributed by atoms with van der Waals surface area (Å²) in [6.07, 6.45) is 5.53. The number of nitrogens with zero attached hydrogens (tertiary/aromatic N) is 1. The Morgan fingerprint density at radius 1 is 0.939 bits per heavy atom. The maximum absolute atomic E-state index is 11.6. The normalized spacial score (nSPS) is 10.5. The first-order valence-electron chi connectivity index (χ1n) is 11.6. The van der Waals surface area contributed by atoms with Crippen molar-refractivity contribution in [3.63, 3.8) is 0 Å². The summed E-state index contributed by atoms with van der Waals surface area (Å²) >= 11 is 0. The van der Waals surface area contributed by atoms with Crippen LogP contribution in [0.25, 0.3) is 22.0 Å². The molecule has 4 aromatic rings. The number of aromatic nitrogens is 1. The first kappa shape index (κ1) is 24.1. The molecule has 0 saturated heterocycles. The van der Waals surface area contributed by atoms with E-state index >= 15 is 0 Å². The zero-order valence-electron chi connectivity index (χ0n) is 20.1. The number of benzene rings is 3. The van der Waals surface area contributed by atoms with E-state index in [0.717, 1.165) is 17.5 Å². The number of para-hydroxylation sites is 1.